The summed E-state index contributed by atoms with van der Waals surface area (Å²) < 4.78 is 26.5. The zero-order valence-corrected chi connectivity index (χ0v) is 13.4. The fourth-order valence-electron chi connectivity index (χ4n) is 3.14. The minimum atomic E-state index is -2.70. The molecule has 0 N–H and O–H groups in total. The van der Waals surface area contributed by atoms with Crippen LogP contribution in [0.15, 0.2) is 47.5 Å². The molecule has 1 saturated heterocycles. The summed E-state index contributed by atoms with van der Waals surface area (Å²) in [6, 6.07) is 11.3. The Morgan fingerprint density at radius 3 is 2.50 bits per heavy atom. The van der Waals surface area contributed by atoms with Crippen molar-refractivity contribution < 1.29 is 8.78 Å². The molecule has 24 heavy (non-hydrogen) atoms. The van der Waals surface area contributed by atoms with Gasteiger partial charge in [-0.05, 0) is 37.4 Å². The summed E-state index contributed by atoms with van der Waals surface area (Å²) in [5.41, 5.74) is 0.458. The fourth-order valence-corrected chi connectivity index (χ4v) is 3.14. The maximum absolute atomic E-state index is 12.5. The molecule has 0 spiro atoms. The van der Waals surface area contributed by atoms with Gasteiger partial charge in [0.25, 0.3) is 12.0 Å². The molecule has 1 aliphatic heterocycles. The van der Waals surface area contributed by atoms with Gasteiger partial charge in [0.1, 0.15) is 5.69 Å². The van der Waals surface area contributed by atoms with Gasteiger partial charge in [0.05, 0.1) is 6.33 Å². The minimum absolute atomic E-state index is 0.383. The Balaban J connectivity index is 1.53. The van der Waals surface area contributed by atoms with Gasteiger partial charge in [0, 0.05) is 19.2 Å². The molecule has 3 rings (SSSR count). The Kier molecular flexibility index (Phi) is 5.35. The Hall–Kier alpha value is -2.08. The van der Waals surface area contributed by atoms with Gasteiger partial charge in [-0.2, -0.15) is 0 Å². The summed E-state index contributed by atoms with van der Waals surface area (Å²) in [6.07, 6.45) is 0.542. The van der Waals surface area contributed by atoms with Crippen LogP contribution in [0.5, 0.6) is 0 Å². The van der Waals surface area contributed by atoms with Crippen LogP contribution in [-0.4, -0.2) is 27.5 Å². The average molecular weight is 333 g/mol. The molecule has 1 aromatic carbocycles. The van der Waals surface area contributed by atoms with Gasteiger partial charge in [0.2, 0.25) is 0 Å². The van der Waals surface area contributed by atoms with E-state index < -0.39 is 17.7 Å². The Morgan fingerprint density at radius 2 is 1.88 bits per heavy atom. The van der Waals surface area contributed by atoms with Crippen LogP contribution in [-0.2, 0) is 13.1 Å². The van der Waals surface area contributed by atoms with E-state index in [-0.39, 0.29) is 0 Å². The summed E-state index contributed by atoms with van der Waals surface area (Å²) in [5, 5.41) is 0. The summed E-state index contributed by atoms with van der Waals surface area (Å²) in [7, 11) is 0. The number of likely N-dealkylation sites (tertiary alicyclic amines) is 1. The zero-order chi connectivity index (χ0) is 16.9. The van der Waals surface area contributed by atoms with Crippen LogP contribution >= 0.6 is 0 Å². The molecule has 128 valence electrons. The van der Waals surface area contributed by atoms with Crippen LogP contribution < -0.4 is 5.56 Å². The third-order valence-electron chi connectivity index (χ3n) is 4.54. The number of rotatable bonds is 5. The molecule has 2 heterocycles. The molecule has 0 atom stereocenters. The summed E-state index contributed by atoms with van der Waals surface area (Å²) in [4.78, 5) is 18.0. The van der Waals surface area contributed by atoms with E-state index in [2.05, 4.69) is 22.0 Å². The Labute approximate surface area is 139 Å². The lowest BCUT2D eigenvalue weighted by molar-refractivity contribution is 0.144. The molecule has 0 bridgehead atoms. The number of alkyl halides is 2. The molecule has 6 heteroatoms. The monoisotopic (exact) mass is 333 g/mol. The molecule has 0 radical (unpaired) electrons. The van der Waals surface area contributed by atoms with Crippen molar-refractivity contribution >= 4 is 0 Å². The standard InChI is InChI=1S/C18H21F2N3O/c19-18(20)16-10-17(24)23(13-21-16)12-15-6-8-22(9-7-15)11-14-4-2-1-3-5-14/h1-5,10,13,15,18H,6-9,11-12H2. The van der Waals surface area contributed by atoms with Gasteiger partial charge < -0.3 is 0 Å². The molecular weight excluding hydrogens is 312 g/mol. The predicted octanol–water partition coefficient (Wildman–Crippen LogP) is 3.09. The second-order valence-corrected chi connectivity index (χ2v) is 6.31. The molecule has 1 aliphatic rings. The molecule has 2 aromatic rings. The predicted molar refractivity (Wildman–Crippen MR) is 87.9 cm³/mol. The van der Waals surface area contributed by atoms with Gasteiger partial charge >= 0.3 is 0 Å². The Bertz CT molecular complexity index is 710. The topological polar surface area (TPSA) is 38.1 Å². The third kappa shape index (κ3) is 4.26. The summed E-state index contributed by atoms with van der Waals surface area (Å²) >= 11 is 0. The summed E-state index contributed by atoms with van der Waals surface area (Å²) in [5.74, 6) is 0.383. The minimum Gasteiger partial charge on any atom is -0.299 e. The number of hydrogen-bond donors (Lipinski definition) is 0. The number of halogens is 2. The van der Waals surface area contributed by atoms with Gasteiger partial charge in [-0.1, -0.05) is 30.3 Å². The maximum atomic E-state index is 12.5. The van der Waals surface area contributed by atoms with Gasteiger partial charge in [-0.15, -0.1) is 0 Å². The van der Waals surface area contributed by atoms with Crippen molar-refractivity contribution in [2.75, 3.05) is 13.1 Å². The van der Waals surface area contributed by atoms with Crippen LogP contribution in [0.2, 0.25) is 0 Å². The molecule has 0 amide bonds. The molecule has 0 saturated carbocycles. The first-order valence-electron chi connectivity index (χ1n) is 8.22. The highest BCUT2D eigenvalue weighted by molar-refractivity contribution is 5.14. The molecule has 1 fully saturated rings. The summed E-state index contributed by atoms with van der Waals surface area (Å²) in [6.45, 7) is 3.46. The van der Waals surface area contributed by atoms with Crippen LogP contribution in [0.4, 0.5) is 8.78 Å². The second-order valence-electron chi connectivity index (χ2n) is 6.31. The molecule has 0 aliphatic carbocycles. The second kappa shape index (κ2) is 7.66. The van der Waals surface area contributed by atoms with Crippen LogP contribution in [0.3, 0.4) is 0 Å². The normalized spacial score (nSPS) is 16.6. The highest BCUT2D eigenvalue weighted by Crippen LogP contribution is 2.20. The SMILES string of the molecule is O=c1cc(C(F)F)ncn1CC1CCN(Cc2ccccc2)CC1. The van der Waals surface area contributed by atoms with E-state index in [1.54, 1.807) is 0 Å². The smallest absolute Gasteiger partial charge is 0.280 e. The Morgan fingerprint density at radius 1 is 1.17 bits per heavy atom. The van der Waals surface area contributed by atoms with E-state index in [1.165, 1.54) is 16.5 Å². The first-order chi connectivity index (χ1) is 11.6. The lowest BCUT2D eigenvalue weighted by Gasteiger charge is -2.32. The van der Waals surface area contributed by atoms with Crippen LogP contribution in [0.1, 0.15) is 30.5 Å². The van der Waals surface area contributed by atoms with Crippen molar-refractivity contribution in [3.63, 3.8) is 0 Å². The number of hydrogen-bond acceptors (Lipinski definition) is 3. The van der Waals surface area contributed by atoms with Crippen molar-refractivity contribution in [1.82, 2.24) is 14.5 Å². The van der Waals surface area contributed by atoms with Gasteiger partial charge in [0.15, 0.2) is 0 Å². The lowest BCUT2D eigenvalue weighted by atomic mass is 9.96. The maximum Gasteiger partial charge on any atom is 0.280 e. The van der Waals surface area contributed by atoms with E-state index in [1.807, 2.05) is 18.2 Å². The largest absolute Gasteiger partial charge is 0.299 e. The van der Waals surface area contributed by atoms with Crippen molar-refractivity contribution in [2.45, 2.75) is 32.4 Å². The molecule has 0 unspecified atom stereocenters. The number of aromatic nitrogens is 2. The first-order valence-corrected chi connectivity index (χ1v) is 8.22. The van der Waals surface area contributed by atoms with Gasteiger partial charge in [-0.25, -0.2) is 13.8 Å². The van der Waals surface area contributed by atoms with E-state index >= 15 is 0 Å². The van der Waals surface area contributed by atoms with E-state index in [9.17, 15) is 13.6 Å². The molecular formula is C18H21F2N3O. The van der Waals surface area contributed by atoms with E-state index in [4.69, 9.17) is 0 Å². The number of benzene rings is 1. The van der Waals surface area contributed by atoms with Crippen molar-refractivity contribution in [1.29, 1.82) is 0 Å². The van der Waals surface area contributed by atoms with Gasteiger partial charge in [-0.3, -0.25) is 14.3 Å². The third-order valence-corrected chi connectivity index (χ3v) is 4.54. The highest BCUT2D eigenvalue weighted by Gasteiger charge is 2.20. The first kappa shape index (κ1) is 16.8. The fraction of sp³-hybridized carbons (Fsp3) is 0.444. The van der Waals surface area contributed by atoms with Crippen molar-refractivity contribution in [2.24, 2.45) is 5.92 Å². The molecule has 1 aromatic heterocycles. The van der Waals surface area contributed by atoms with E-state index in [0.717, 1.165) is 38.5 Å². The quantitative estimate of drug-likeness (QED) is 0.844. The van der Waals surface area contributed by atoms with Crippen molar-refractivity contribution in [3.05, 3.63) is 64.3 Å². The highest BCUT2D eigenvalue weighted by atomic mass is 19.3. The zero-order valence-electron chi connectivity index (χ0n) is 13.4. The average Bonchev–Trinajstić information content (AvgIpc) is 2.59. The van der Waals surface area contributed by atoms with E-state index in [0.29, 0.717) is 12.5 Å². The molecule has 4 nitrogen and oxygen atoms in total. The number of nitrogens with zero attached hydrogens (tertiary/aromatic N) is 3. The van der Waals surface area contributed by atoms with Crippen molar-refractivity contribution in [3.8, 4) is 0 Å². The van der Waals surface area contributed by atoms with Crippen LogP contribution in [0, 0.1) is 5.92 Å². The lowest BCUT2D eigenvalue weighted by Crippen LogP contribution is -2.36. The number of piperidine rings is 1. The van der Waals surface area contributed by atoms with Crippen LogP contribution in [0.25, 0.3) is 0 Å².